The van der Waals surface area contributed by atoms with E-state index in [0.29, 0.717) is 24.8 Å². The first kappa shape index (κ1) is 26.4. The number of nitrogens with zero attached hydrogens (tertiary/aromatic N) is 3. The number of rotatable bonds is 9. The van der Waals surface area contributed by atoms with E-state index < -0.39 is 0 Å². The van der Waals surface area contributed by atoms with E-state index in [0.717, 1.165) is 32.8 Å². The molecule has 1 atom stereocenters. The van der Waals surface area contributed by atoms with Crippen molar-refractivity contribution in [3.05, 3.63) is 30.1 Å². The van der Waals surface area contributed by atoms with E-state index >= 15 is 0 Å². The molecule has 10 heteroatoms. The lowest BCUT2D eigenvalue weighted by Crippen LogP contribution is -2.46. The van der Waals surface area contributed by atoms with Crippen LogP contribution in [-0.2, 0) is 9.53 Å². The molecule has 0 spiro atoms. The van der Waals surface area contributed by atoms with Crippen molar-refractivity contribution >= 4 is 35.8 Å². The molecule has 0 bridgehead atoms. The van der Waals surface area contributed by atoms with E-state index in [-0.39, 0.29) is 48.3 Å². The van der Waals surface area contributed by atoms with Crippen molar-refractivity contribution in [2.45, 2.75) is 13.0 Å². The third kappa shape index (κ3) is 10.4. The minimum atomic E-state index is -0.299. The van der Waals surface area contributed by atoms with Crippen molar-refractivity contribution in [1.29, 1.82) is 0 Å². The summed E-state index contributed by atoms with van der Waals surface area (Å²) in [4.78, 5) is 20.1. The molecular weight excluding hydrogens is 504 g/mol. The molecule has 1 saturated heterocycles. The topological polar surface area (TPSA) is 78.4 Å². The largest absolute Gasteiger partial charge is 0.489 e. The summed E-state index contributed by atoms with van der Waals surface area (Å²) in [6.45, 7) is 7.38. The molecule has 1 aromatic carbocycles. The molecule has 1 unspecified atom stereocenters. The number of halogens is 2. The summed E-state index contributed by atoms with van der Waals surface area (Å²) in [5, 5.41) is 6.48. The number of benzene rings is 1. The molecule has 1 heterocycles. The van der Waals surface area contributed by atoms with Crippen molar-refractivity contribution in [2.75, 3.05) is 66.6 Å². The second kappa shape index (κ2) is 14.4. The van der Waals surface area contributed by atoms with Gasteiger partial charge in [-0.2, -0.15) is 0 Å². The lowest BCUT2D eigenvalue weighted by atomic mass is 10.3. The first-order chi connectivity index (χ1) is 13.9. The molecule has 0 radical (unpaired) electrons. The summed E-state index contributed by atoms with van der Waals surface area (Å²) in [7, 11) is 3.41. The quantitative estimate of drug-likeness (QED) is 0.280. The highest BCUT2D eigenvalue weighted by Crippen LogP contribution is 2.12. The van der Waals surface area contributed by atoms with Gasteiger partial charge in [0.1, 0.15) is 24.2 Å². The van der Waals surface area contributed by atoms with Gasteiger partial charge in [0.05, 0.1) is 19.8 Å². The Hall–Kier alpha value is -1.66. The van der Waals surface area contributed by atoms with E-state index in [1.54, 1.807) is 26.2 Å². The van der Waals surface area contributed by atoms with Crippen LogP contribution in [0.4, 0.5) is 4.39 Å². The average Bonchev–Trinajstić information content (AvgIpc) is 2.71. The molecule has 1 aromatic rings. The number of morpholine rings is 1. The fourth-order valence-electron chi connectivity index (χ4n) is 2.65. The maximum atomic E-state index is 13.0. The van der Waals surface area contributed by atoms with Crippen LogP contribution in [0.25, 0.3) is 0 Å². The van der Waals surface area contributed by atoms with Gasteiger partial charge in [-0.3, -0.25) is 9.69 Å². The lowest BCUT2D eigenvalue weighted by Gasteiger charge is -2.27. The Kier molecular flexibility index (Phi) is 12.6. The fourth-order valence-corrected chi connectivity index (χ4v) is 2.65. The Morgan fingerprint density at radius 2 is 1.93 bits per heavy atom. The van der Waals surface area contributed by atoms with Crippen LogP contribution in [0.2, 0.25) is 0 Å². The second-order valence-electron chi connectivity index (χ2n) is 7.10. The first-order valence-electron chi connectivity index (χ1n) is 9.88. The maximum Gasteiger partial charge on any atom is 0.243 e. The van der Waals surface area contributed by atoms with Crippen molar-refractivity contribution < 1.29 is 18.7 Å². The highest BCUT2D eigenvalue weighted by atomic mass is 127. The minimum Gasteiger partial charge on any atom is -0.489 e. The third-order valence-corrected chi connectivity index (χ3v) is 4.40. The summed E-state index contributed by atoms with van der Waals surface area (Å²) in [6, 6.07) is 5.92. The SMILES string of the molecule is CC(CNC(=NCC(=O)N(C)C)NCCN1CCOCC1)Oc1ccc(F)cc1.I. The van der Waals surface area contributed by atoms with Gasteiger partial charge in [0.2, 0.25) is 5.91 Å². The zero-order valence-corrected chi connectivity index (χ0v) is 20.2. The molecule has 170 valence electrons. The molecule has 30 heavy (non-hydrogen) atoms. The van der Waals surface area contributed by atoms with E-state index in [1.807, 2.05) is 6.92 Å². The number of hydrogen-bond acceptors (Lipinski definition) is 5. The van der Waals surface area contributed by atoms with Gasteiger partial charge in [0.15, 0.2) is 5.96 Å². The molecule has 0 aliphatic carbocycles. The lowest BCUT2D eigenvalue weighted by molar-refractivity contribution is -0.127. The second-order valence-corrected chi connectivity index (χ2v) is 7.10. The van der Waals surface area contributed by atoms with Gasteiger partial charge in [-0.15, -0.1) is 24.0 Å². The van der Waals surface area contributed by atoms with Crippen LogP contribution in [0.5, 0.6) is 5.75 Å². The summed E-state index contributed by atoms with van der Waals surface area (Å²) in [6.07, 6.45) is -0.170. The number of guanidine groups is 1. The molecule has 0 saturated carbocycles. The number of amides is 1. The van der Waals surface area contributed by atoms with Crippen molar-refractivity contribution in [3.8, 4) is 5.75 Å². The number of nitrogens with one attached hydrogen (secondary N) is 2. The number of carbonyl (C=O) groups is 1. The predicted molar refractivity (Wildman–Crippen MR) is 126 cm³/mol. The van der Waals surface area contributed by atoms with Crippen LogP contribution in [0.3, 0.4) is 0 Å². The van der Waals surface area contributed by atoms with E-state index in [9.17, 15) is 9.18 Å². The highest BCUT2D eigenvalue weighted by molar-refractivity contribution is 14.0. The van der Waals surface area contributed by atoms with Crippen LogP contribution in [0.1, 0.15) is 6.92 Å². The summed E-state index contributed by atoms with van der Waals surface area (Å²) >= 11 is 0. The Bertz CT molecular complexity index is 654. The van der Waals surface area contributed by atoms with Crippen LogP contribution in [0.15, 0.2) is 29.3 Å². The summed E-state index contributed by atoms with van der Waals surface area (Å²) in [5.41, 5.74) is 0. The molecule has 2 rings (SSSR count). The monoisotopic (exact) mass is 537 g/mol. The number of ether oxygens (including phenoxy) is 2. The average molecular weight is 537 g/mol. The Labute approximate surface area is 195 Å². The molecule has 1 fully saturated rings. The molecule has 8 nitrogen and oxygen atoms in total. The first-order valence-corrected chi connectivity index (χ1v) is 9.88. The van der Waals surface area contributed by atoms with Crippen molar-refractivity contribution in [3.63, 3.8) is 0 Å². The van der Waals surface area contributed by atoms with Crippen molar-refractivity contribution in [1.82, 2.24) is 20.4 Å². The third-order valence-electron chi connectivity index (χ3n) is 4.40. The van der Waals surface area contributed by atoms with Gasteiger partial charge < -0.3 is 25.0 Å². The van der Waals surface area contributed by atoms with Gasteiger partial charge in [-0.25, -0.2) is 9.38 Å². The smallest absolute Gasteiger partial charge is 0.243 e. The number of hydrogen-bond donors (Lipinski definition) is 2. The van der Waals surface area contributed by atoms with E-state index in [2.05, 4.69) is 20.5 Å². The Morgan fingerprint density at radius 3 is 2.57 bits per heavy atom. The van der Waals surface area contributed by atoms with Gasteiger partial charge in [0.25, 0.3) is 0 Å². The van der Waals surface area contributed by atoms with Gasteiger partial charge in [-0.1, -0.05) is 0 Å². The molecule has 1 aliphatic heterocycles. The Morgan fingerprint density at radius 1 is 1.27 bits per heavy atom. The normalized spacial score (nSPS) is 15.7. The summed E-state index contributed by atoms with van der Waals surface area (Å²) < 4.78 is 24.1. The summed E-state index contributed by atoms with van der Waals surface area (Å²) in [5.74, 6) is 0.785. The number of likely N-dealkylation sites (N-methyl/N-ethyl adjacent to an activating group) is 1. The number of aliphatic imine (C=N–C) groups is 1. The minimum absolute atomic E-state index is 0. The van der Waals surface area contributed by atoms with E-state index in [1.165, 1.54) is 17.0 Å². The molecule has 1 aliphatic rings. The maximum absolute atomic E-state index is 13.0. The predicted octanol–water partition coefficient (Wildman–Crippen LogP) is 1.17. The molecule has 2 N–H and O–H groups in total. The zero-order valence-electron chi connectivity index (χ0n) is 17.9. The fraction of sp³-hybridized carbons (Fsp3) is 0.600. The van der Waals surface area contributed by atoms with Gasteiger partial charge in [-0.05, 0) is 31.2 Å². The Balaban J connectivity index is 0.00000450. The van der Waals surface area contributed by atoms with Crippen LogP contribution in [-0.4, -0.2) is 94.3 Å². The number of carbonyl (C=O) groups excluding carboxylic acids is 1. The highest BCUT2D eigenvalue weighted by Gasteiger charge is 2.11. The van der Waals surface area contributed by atoms with Crippen LogP contribution >= 0.6 is 24.0 Å². The zero-order chi connectivity index (χ0) is 21.1. The molecular formula is C20H33FIN5O3. The van der Waals surface area contributed by atoms with Crippen molar-refractivity contribution in [2.24, 2.45) is 4.99 Å². The molecule has 0 aromatic heterocycles. The van der Waals surface area contributed by atoms with Crippen LogP contribution in [0, 0.1) is 5.82 Å². The standard InChI is InChI=1S/C20H32FN5O3.HI/c1-16(29-18-6-4-17(21)5-7-18)14-23-20(24-15-19(27)25(2)3)22-8-9-26-10-12-28-13-11-26;/h4-7,16H,8-15H2,1-3H3,(H2,22,23,24);1H. The van der Waals surface area contributed by atoms with E-state index in [4.69, 9.17) is 9.47 Å². The van der Waals surface area contributed by atoms with Gasteiger partial charge in [0, 0.05) is 40.3 Å². The molecule has 1 amide bonds. The van der Waals surface area contributed by atoms with Crippen LogP contribution < -0.4 is 15.4 Å². The van der Waals surface area contributed by atoms with Gasteiger partial charge >= 0.3 is 0 Å².